The molecule has 36 heavy (non-hydrogen) atoms. The Morgan fingerprint density at radius 3 is 2.14 bits per heavy atom. The second-order valence-corrected chi connectivity index (χ2v) is 8.53. The molecular formula is C26H34O10. The number of esters is 3. The van der Waals surface area contributed by atoms with Crippen LogP contribution in [-0.2, 0) is 28.6 Å². The Kier molecular flexibility index (Phi) is 9.52. The highest BCUT2D eigenvalue weighted by Gasteiger charge is 2.43. The van der Waals surface area contributed by atoms with Gasteiger partial charge in [0.25, 0.3) is 0 Å². The third-order valence-corrected chi connectivity index (χ3v) is 5.96. The predicted molar refractivity (Wildman–Crippen MR) is 129 cm³/mol. The molecular weight excluding hydrogens is 472 g/mol. The summed E-state index contributed by atoms with van der Waals surface area (Å²) < 4.78 is 32.7. The van der Waals surface area contributed by atoms with E-state index in [1.54, 1.807) is 52.0 Å². The number of hydrogen-bond acceptors (Lipinski definition) is 10. The Bertz CT molecular complexity index is 1050. The van der Waals surface area contributed by atoms with E-state index in [-0.39, 0.29) is 6.79 Å². The van der Waals surface area contributed by atoms with Crippen LogP contribution in [0.25, 0.3) is 0 Å². The van der Waals surface area contributed by atoms with Crippen LogP contribution in [-0.4, -0.2) is 54.7 Å². The first-order valence-corrected chi connectivity index (χ1v) is 11.5. The van der Waals surface area contributed by atoms with Gasteiger partial charge in [0.15, 0.2) is 23.2 Å². The highest BCUT2D eigenvalue weighted by Crippen LogP contribution is 2.44. The van der Waals surface area contributed by atoms with Gasteiger partial charge in [0.05, 0.1) is 7.11 Å². The molecule has 10 nitrogen and oxygen atoms in total. The minimum Gasteiger partial charge on any atom is -0.493 e. The van der Waals surface area contributed by atoms with Crippen molar-refractivity contribution in [2.75, 3.05) is 13.9 Å². The minimum absolute atomic E-state index is 0.00596. The third-order valence-electron chi connectivity index (χ3n) is 5.96. The van der Waals surface area contributed by atoms with Crippen LogP contribution in [0.4, 0.5) is 0 Å². The Morgan fingerprint density at radius 1 is 1.00 bits per heavy atom. The van der Waals surface area contributed by atoms with E-state index in [9.17, 15) is 19.5 Å². The number of fused-ring (bicyclic) bond motifs is 1. The number of carbonyl (C=O) groups excluding carboxylic acids is 3. The number of rotatable bonds is 10. The fourth-order valence-corrected chi connectivity index (χ4v) is 3.08. The van der Waals surface area contributed by atoms with Crippen LogP contribution < -0.4 is 14.2 Å². The molecule has 0 fully saturated rings. The van der Waals surface area contributed by atoms with Gasteiger partial charge in [-0.2, -0.15) is 0 Å². The average molecular weight is 507 g/mol. The van der Waals surface area contributed by atoms with Gasteiger partial charge in [-0.15, -0.1) is 0 Å². The van der Waals surface area contributed by atoms with Crippen LogP contribution in [0.3, 0.4) is 0 Å². The van der Waals surface area contributed by atoms with Crippen molar-refractivity contribution in [3.05, 3.63) is 41.0 Å². The molecule has 0 radical (unpaired) electrons. The van der Waals surface area contributed by atoms with Gasteiger partial charge in [0.1, 0.15) is 12.2 Å². The van der Waals surface area contributed by atoms with Crippen LogP contribution in [0.1, 0.15) is 60.1 Å². The number of aliphatic hydroxyl groups is 1. The summed E-state index contributed by atoms with van der Waals surface area (Å²) in [6.45, 7) is 10.6. The molecule has 198 valence electrons. The van der Waals surface area contributed by atoms with Crippen molar-refractivity contribution in [2.24, 2.45) is 0 Å². The lowest BCUT2D eigenvalue weighted by Crippen LogP contribution is -2.49. The summed E-state index contributed by atoms with van der Waals surface area (Å²) in [4.78, 5) is 37.7. The molecule has 0 aromatic heterocycles. The molecule has 0 saturated carbocycles. The Labute approximate surface area is 210 Å². The predicted octanol–water partition coefficient (Wildman–Crippen LogP) is 3.56. The Balaban J connectivity index is 2.34. The molecule has 10 heteroatoms. The number of ether oxygens (including phenoxy) is 6. The fraction of sp³-hybridized carbons (Fsp3) is 0.500. The Morgan fingerprint density at radius 2 is 1.58 bits per heavy atom. The maximum atomic E-state index is 13.0. The molecule has 0 aliphatic carbocycles. The molecule has 0 unspecified atom stereocenters. The molecule has 0 spiro atoms. The van der Waals surface area contributed by atoms with Gasteiger partial charge in [-0.1, -0.05) is 12.2 Å². The van der Waals surface area contributed by atoms with Crippen molar-refractivity contribution in [2.45, 2.75) is 72.4 Å². The zero-order valence-corrected chi connectivity index (χ0v) is 21.9. The molecule has 0 bridgehead atoms. The maximum absolute atomic E-state index is 13.0. The molecule has 0 amide bonds. The monoisotopic (exact) mass is 506 g/mol. The lowest BCUT2D eigenvalue weighted by molar-refractivity contribution is -0.192. The summed E-state index contributed by atoms with van der Waals surface area (Å²) in [6.07, 6.45) is -0.252. The number of allylic oxidation sites excluding steroid dienone is 2. The van der Waals surface area contributed by atoms with Crippen molar-refractivity contribution >= 4 is 17.9 Å². The van der Waals surface area contributed by atoms with E-state index in [1.165, 1.54) is 27.9 Å². The van der Waals surface area contributed by atoms with Gasteiger partial charge < -0.3 is 33.5 Å². The highest BCUT2D eigenvalue weighted by atomic mass is 16.7. The zero-order valence-electron chi connectivity index (χ0n) is 21.9. The molecule has 1 N–H and O–H groups in total. The van der Waals surface area contributed by atoms with E-state index < -0.39 is 41.8 Å². The van der Waals surface area contributed by atoms with E-state index in [2.05, 4.69) is 0 Å². The van der Waals surface area contributed by atoms with Gasteiger partial charge in [-0.05, 0) is 60.6 Å². The smallest absolute Gasteiger partial charge is 0.342 e. The SMILES string of the molecule is CC=C(C)C(=O)O[C@H](c1cc(OC)c2c(c1)OCO2)[C@H](C)OC(=O)[C@](C)(O)[C@H](C)OC(=O)C(C)=CC. The van der Waals surface area contributed by atoms with Crippen LogP contribution >= 0.6 is 0 Å². The molecule has 1 aliphatic rings. The summed E-state index contributed by atoms with van der Waals surface area (Å²) in [5.41, 5.74) is -1.10. The first-order chi connectivity index (χ1) is 16.9. The van der Waals surface area contributed by atoms with Gasteiger partial charge in [-0.3, -0.25) is 0 Å². The summed E-state index contributed by atoms with van der Waals surface area (Å²) in [5.74, 6) is -1.25. The second-order valence-electron chi connectivity index (χ2n) is 8.53. The largest absolute Gasteiger partial charge is 0.493 e. The first-order valence-electron chi connectivity index (χ1n) is 11.5. The fourth-order valence-electron chi connectivity index (χ4n) is 3.08. The number of hydrogen-bond donors (Lipinski definition) is 1. The molecule has 1 heterocycles. The summed E-state index contributed by atoms with van der Waals surface area (Å²) >= 11 is 0. The van der Waals surface area contributed by atoms with Crippen molar-refractivity contribution in [1.29, 1.82) is 0 Å². The molecule has 1 aliphatic heterocycles. The van der Waals surface area contributed by atoms with Gasteiger partial charge >= 0.3 is 17.9 Å². The van der Waals surface area contributed by atoms with Crippen molar-refractivity contribution in [3.63, 3.8) is 0 Å². The van der Waals surface area contributed by atoms with Crippen LogP contribution in [0.2, 0.25) is 0 Å². The normalized spacial score (nSPS) is 17.4. The molecule has 4 atom stereocenters. The van der Waals surface area contributed by atoms with E-state index in [1.807, 2.05) is 0 Å². The lowest BCUT2D eigenvalue weighted by Gasteiger charge is -2.31. The van der Waals surface area contributed by atoms with Crippen molar-refractivity contribution in [1.82, 2.24) is 0 Å². The third kappa shape index (κ3) is 6.37. The molecule has 0 saturated heterocycles. The quantitative estimate of drug-likeness (QED) is 0.286. The van der Waals surface area contributed by atoms with Gasteiger partial charge in [-0.25, -0.2) is 14.4 Å². The van der Waals surface area contributed by atoms with E-state index in [0.29, 0.717) is 34.0 Å². The molecule has 2 rings (SSSR count). The summed E-state index contributed by atoms with van der Waals surface area (Å²) in [6, 6.07) is 3.18. The summed E-state index contributed by atoms with van der Waals surface area (Å²) in [7, 11) is 1.45. The van der Waals surface area contributed by atoms with Crippen LogP contribution in [0, 0.1) is 0 Å². The average Bonchev–Trinajstić information content (AvgIpc) is 3.33. The van der Waals surface area contributed by atoms with Crippen molar-refractivity contribution < 1.29 is 47.9 Å². The van der Waals surface area contributed by atoms with Gasteiger partial charge in [0, 0.05) is 16.7 Å². The Hall–Kier alpha value is -3.53. The second kappa shape index (κ2) is 11.9. The maximum Gasteiger partial charge on any atom is 0.342 e. The van der Waals surface area contributed by atoms with E-state index in [4.69, 9.17) is 28.4 Å². The first kappa shape index (κ1) is 28.7. The molecule has 1 aromatic rings. The van der Waals surface area contributed by atoms with E-state index in [0.717, 1.165) is 0 Å². The van der Waals surface area contributed by atoms with E-state index >= 15 is 0 Å². The molecule has 1 aromatic carbocycles. The number of carbonyl (C=O) groups is 3. The number of methoxy groups -OCH3 is 1. The number of benzene rings is 1. The summed E-state index contributed by atoms with van der Waals surface area (Å²) in [5, 5.41) is 10.8. The minimum atomic E-state index is -2.18. The van der Waals surface area contributed by atoms with Crippen LogP contribution in [0.15, 0.2) is 35.4 Å². The topological polar surface area (TPSA) is 127 Å². The zero-order chi connectivity index (χ0) is 27.2. The standard InChI is InChI=1S/C26H34O10/c1-9-14(3)23(27)35-17(6)26(7,30)25(29)34-16(5)21(36-24(28)15(4)10-2)18-11-19(31-8)22-20(12-18)32-13-33-22/h9-12,16-17,21,30H,13H2,1-8H3/t16-,17-,21-,26+/m0/s1. The highest BCUT2D eigenvalue weighted by molar-refractivity contribution is 5.89. The van der Waals surface area contributed by atoms with Crippen LogP contribution in [0.5, 0.6) is 17.2 Å². The van der Waals surface area contributed by atoms with Gasteiger partial charge in [0.2, 0.25) is 12.5 Å². The van der Waals surface area contributed by atoms with Crippen molar-refractivity contribution in [3.8, 4) is 17.2 Å². The lowest BCUT2D eigenvalue weighted by atomic mass is 9.99.